The van der Waals surface area contributed by atoms with E-state index in [-0.39, 0.29) is 0 Å². The number of hydrogen-bond donors (Lipinski definition) is 1. The second-order valence-corrected chi connectivity index (χ2v) is 4.35. The Morgan fingerprint density at radius 2 is 2.06 bits per heavy atom. The fourth-order valence-corrected chi connectivity index (χ4v) is 1.51. The lowest BCUT2D eigenvalue weighted by Gasteiger charge is -2.08. The molecule has 0 unspecified atom stereocenters. The number of hydrogen-bond acceptors (Lipinski definition) is 3. The number of anilines is 1. The molecule has 0 amide bonds. The van der Waals surface area contributed by atoms with Crippen LogP contribution in [0.1, 0.15) is 5.56 Å². The third-order valence-corrected chi connectivity index (χ3v) is 3.06. The molecule has 4 heteroatoms. The Morgan fingerprint density at radius 1 is 1.25 bits per heavy atom. The van der Waals surface area contributed by atoms with Gasteiger partial charge in [0.15, 0.2) is 0 Å². The van der Waals surface area contributed by atoms with E-state index in [4.69, 9.17) is 9.47 Å². The normalized spacial score (nSPS) is 10.4. The minimum Gasteiger partial charge on any atom is -0.383 e. The number of rotatable bonds is 7. The van der Waals surface area contributed by atoms with Crippen LogP contribution < -0.4 is 5.32 Å². The van der Waals surface area contributed by atoms with E-state index in [2.05, 4.69) is 34.2 Å². The molecule has 0 fully saturated rings. The summed E-state index contributed by atoms with van der Waals surface area (Å²) < 4.78 is 11.4. The smallest absolute Gasteiger partial charge is 0.0701 e. The van der Waals surface area contributed by atoms with Crippen molar-refractivity contribution in [3.05, 3.63) is 28.2 Å². The van der Waals surface area contributed by atoms with Crippen LogP contribution in [0.15, 0.2) is 22.7 Å². The fraction of sp³-hybridized carbons (Fsp3) is 0.500. The highest BCUT2D eigenvalue weighted by molar-refractivity contribution is 9.10. The minimum absolute atomic E-state index is 0.650. The molecule has 1 aromatic rings. The first-order chi connectivity index (χ1) is 7.74. The third-order valence-electron chi connectivity index (χ3n) is 2.17. The number of halogens is 1. The monoisotopic (exact) mass is 287 g/mol. The molecule has 0 aliphatic heterocycles. The molecular formula is C12H18BrNO2. The Balaban J connectivity index is 2.19. The summed E-state index contributed by atoms with van der Waals surface area (Å²) >= 11 is 3.47. The van der Waals surface area contributed by atoms with Gasteiger partial charge in [0.2, 0.25) is 0 Å². The molecule has 0 heterocycles. The first kappa shape index (κ1) is 13.5. The van der Waals surface area contributed by atoms with Gasteiger partial charge in [-0.25, -0.2) is 0 Å². The van der Waals surface area contributed by atoms with Gasteiger partial charge in [-0.05, 0) is 30.7 Å². The molecule has 0 saturated heterocycles. The lowest BCUT2D eigenvalue weighted by molar-refractivity contribution is 0.0759. The van der Waals surface area contributed by atoms with Gasteiger partial charge >= 0.3 is 0 Å². The van der Waals surface area contributed by atoms with Crippen molar-refractivity contribution in [2.75, 3.05) is 38.8 Å². The molecule has 0 atom stereocenters. The molecule has 3 nitrogen and oxygen atoms in total. The predicted molar refractivity (Wildman–Crippen MR) is 70.1 cm³/mol. The van der Waals surface area contributed by atoms with E-state index in [1.54, 1.807) is 7.11 Å². The van der Waals surface area contributed by atoms with Crippen LogP contribution in [0.4, 0.5) is 5.69 Å². The molecule has 0 saturated carbocycles. The van der Waals surface area contributed by atoms with Crippen LogP contribution in [0.3, 0.4) is 0 Å². The highest BCUT2D eigenvalue weighted by Crippen LogP contribution is 2.19. The summed E-state index contributed by atoms with van der Waals surface area (Å²) in [6.07, 6.45) is 0. The van der Waals surface area contributed by atoms with Gasteiger partial charge in [-0.1, -0.05) is 15.9 Å². The Hall–Kier alpha value is -0.580. The molecule has 1 N–H and O–H groups in total. The highest BCUT2D eigenvalue weighted by atomic mass is 79.9. The summed E-state index contributed by atoms with van der Waals surface area (Å²) in [6, 6.07) is 6.20. The molecular weight excluding hydrogens is 270 g/mol. The zero-order chi connectivity index (χ0) is 11.8. The van der Waals surface area contributed by atoms with Crippen LogP contribution in [0.5, 0.6) is 0 Å². The first-order valence-electron chi connectivity index (χ1n) is 5.30. The van der Waals surface area contributed by atoms with Crippen molar-refractivity contribution >= 4 is 21.6 Å². The number of ether oxygens (including phenoxy) is 2. The Bertz CT molecular complexity index is 318. The zero-order valence-electron chi connectivity index (χ0n) is 9.75. The summed E-state index contributed by atoms with van der Waals surface area (Å²) in [5.41, 5.74) is 2.35. The number of benzene rings is 1. The molecule has 90 valence electrons. The second kappa shape index (κ2) is 7.65. The van der Waals surface area contributed by atoms with Gasteiger partial charge in [-0.3, -0.25) is 0 Å². The lowest BCUT2D eigenvalue weighted by Crippen LogP contribution is -2.11. The maximum atomic E-state index is 5.35. The van der Waals surface area contributed by atoms with E-state index in [9.17, 15) is 0 Å². The van der Waals surface area contributed by atoms with E-state index in [0.29, 0.717) is 19.8 Å². The van der Waals surface area contributed by atoms with E-state index in [0.717, 1.165) is 16.7 Å². The van der Waals surface area contributed by atoms with E-state index in [1.807, 2.05) is 12.1 Å². The van der Waals surface area contributed by atoms with Crippen LogP contribution in [-0.4, -0.2) is 33.5 Å². The average molecular weight is 288 g/mol. The van der Waals surface area contributed by atoms with Crippen LogP contribution in [-0.2, 0) is 9.47 Å². The largest absolute Gasteiger partial charge is 0.383 e. The van der Waals surface area contributed by atoms with E-state index in [1.165, 1.54) is 5.56 Å². The summed E-state index contributed by atoms with van der Waals surface area (Å²) in [5, 5.41) is 3.30. The number of nitrogens with one attached hydrogen (secondary N) is 1. The molecule has 0 radical (unpaired) electrons. The maximum absolute atomic E-state index is 5.35. The van der Waals surface area contributed by atoms with Gasteiger partial charge < -0.3 is 14.8 Å². The molecule has 0 aliphatic carbocycles. The molecule has 0 aromatic heterocycles. The molecule has 1 rings (SSSR count). The topological polar surface area (TPSA) is 30.5 Å². The molecule has 0 aliphatic rings. The van der Waals surface area contributed by atoms with Crippen molar-refractivity contribution < 1.29 is 9.47 Å². The average Bonchev–Trinajstić information content (AvgIpc) is 2.28. The third kappa shape index (κ3) is 4.96. The van der Waals surface area contributed by atoms with Gasteiger partial charge in [0.1, 0.15) is 0 Å². The fourth-order valence-electron chi connectivity index (χ4n) is 1.27. The lowest BCUT2D eigenvalue weighted by atomic mass is 10.2. The van der Waals surface area contributed by atoms with Gasteiger partial charge in [-0.2, -0.15) is 0 Å². The van der Waals surface area contributed by atoms with E-state index < -0.39 is 0 Å². The highest BCUT2D eigenvalue weighted by Gasteiger charge is 1.96. The minimum atomic E-state index is 0.650. The zero-order valence-corrected chi connectivity index (χ0v) is 11.3. The van der Waals surface area contributed by atoms with Gasteiger partial charge in [-0.15, -0.1) is 0 Å². The second-order valence-electron chi connectivity index (χ2n) is 3.50. The quantitative estimate of drug-likeness (QED) is 0.783. The van der Waals surface area contributed by atoms with Gasteiger partial charge in [0, 0.05) is 23.8 Å². The van der Waals surface area contributed by atoms with Crippen molar-refractivity contribution in [2.45, 2.75) is 6.92 Å². The summed E-state index contributed by atoms with van der Waals surface area (Å²) in [4.78, 5) is 0. The molecule has 16 heavy (non-hydrogen) atoms. The van der Waals surface area contributed by atoms with Crippen LogP contribution in [0, 0.1) is 6.92 Å². The summed E-state index contributed by atoms with van der Waals surface area (Å²) in [5.74, 6) is 0. The number of methoxy groups -OCH3 is 1. The Labute approximate surface area is 105 Å². The summed E-state index contributed by atoms with van der Waals surface area (Å²) in [7, 11) is 1.67. The van der Waals surface area contributed by atoms with Crippen molar-refractivity contribution in [1.82, 2.24) is 0 Å². The van der Waals surface area contributed by atoms with Crippen molar-refractivity contribution in [3.8, 4) is 0 Å². The summed E-state index contributed by atoms with van der Waals surface area (Å²) in [6.45, 7) is 4.88. The van der Waals surface area contributed by atoms with Crippen LogP contribution in [0.25, 0.3) is 0 Å². The van der Waals surface area contributed by atoms with Crippen LogP contribution in [0.2, 0.25) is 0 Å². The molecule has 0 bridgehead atoms. The molecule has 0 spiro atoms. The predicted octanol–water partition coefficient (Wildman–Crippen LogP) is 2.83. The van der Waals surface area contributed by atoms with Crippen molar-refractivity contribution in [2.24, 2.45) is 0 Å². The maximum Gasteiger partial charge on any atom is 0.0701 e. The Morgan fingerprint density at radius 3 is 2.75 bits per heavy atom. The van der Waals surface area contributed by atoms with Crippen molar-refractivity contribution in [1.29, 1.82) is 0 Å². The van der Waals surface area contributed by atoms with E-state index >= 15 is 0 Å². The standard InChI is InChI=1S/C12H18BrNO2/c1-10-9-11(3-4-12(10)13)14-5-6-16-8-7-15-2/h3-4,9,14H,5-8H2,1-2H3. The number of aryl methyl sites for hydroxylation is 1. The first-order valence-corrected chi connectivity index (χ1v) is 6.10. The van der Waals surface area contributed by atoms with Crippen molar-refractivity contribution in [3.63, 3.8) is 0 Å². The van der Waals surface area contributed by atoms with Gasteiger partial charge in [0.05, 0.1) is 19.8 Å². The molecule has 1 aromatic carbocycles. The Kier molecular flexibility index (Phi) is 6.45. The SMILES string of the molecule is COCCOCCNc1ccc(Br)c(C)c1. The van der Waals surface area contributed by atoms with Gasteiger partial charge in [0.25, 0.3) is 0 Å². The van der Waals surface area contributed by atoms with Crippen LogP contribution >= 0.6 is 15.9 Å².